The molecule has 6 heteroatoms. The van der Waals surface area contributed by atoms with E-state index in [1.165, 1.54) is 0 Å². The molecule has 1 aliphatic heterocycles. The first-order chi connectivity index (χ1) is 5.94. The second-order valence-electron chi connectivity index (χ2n) is 3.25. The van der Waals surface area contributed by atoms with Gasteiger partial charge in [0.2, 0.25) is 5.91 Å². The predicted octanol–water partition coefficient (Wildman–Crippen LogP) is -1.39. The highest BCUT2D eigenvalue weighted by Gasteiger charge is 2.41. The van der Waals surface area contributed by atoms with Gasteiger partial charge in [0.05, 0.1) is 5.54 Å². The summed E-state index contributed by atoms with van der Waals surface area (Å²) in [6.45, 7) is 1.56. The molecule has 1 amide bonds. The van der Waals surface area contributed by atoms with Crippen LogP contribution < -0.4 is 10.6 Å². The summed E-state index contributed by atoms with van der Waals surface area (Å²) in [4.78, 5) is 21.5. The van der Waals surface area contributed by atoms with Crippen LogP contribution in [0.3, 0.4) is 0 Å². The van der Waals surface area contributed by atoms with Crippen molar-refractivity contribution in [2.24, 2.45) is 0 Å². The zero-order valence-corrected chi connectivity index (χ0v) is 7.20. The van der Waals surface area contributed by atoms with E-state index in [9.17, 15) is 9.59 Å². The van der Waals surface area contributed by atoms with Crippen molar-refractivity contribution >= 4 is 11.9 Å². The molecule has 0 aromatic rings. The average Bonchev–Trinajstić information content (AvgIpc) is 2.23. The normalized spacial score (nSPS) is 33.1. The predicted molar refractivity (Wildman–Crippen MR) is 42.6 cm³/mol. The summed E-state index contributed by atoms with van der Waals surface area (Å²) in [5.41, 5.74) is -0.974. The molecule has 0 saturated carbocycles. The fourth-order valence-corrected chi connectivity index (χ4v) is 1.23. The van der Waals surface area contributed by atoms with E-state index in [4.69, 9.17) is 10.2 Å². The maximum atomic E-state index is 11.2. The highest BCUT2D eigenvalue weighted by molar-refractivity contribution is 5.88. The van der Waals surface area contributed by atoms with Crippen LogP contribution in [0.4, 0.5) is 0 Å². The number of hydrogen-bond donors (Lipinski definition) is 4. The van der Waals surface area contributed by atoms with E-state index >= 15 is 0 Å². The zero-order chi connectivity index (χ0) is 10.1. The Kier molecular flexibility index (Phi) is 2.53. The van der Waals surface area contributed by atoms with E-state index in [2.05, 4.69) is 10.6 Å². The number of carboxylic acid groups (broad SMARTS) is 1. The SMILES string of the molecule is C[C@@]1(CCC(=O)O)NC(O)NC1=O. The topological polar surface area (TPSA) is 98.7 Å². The summed E-state index contributed by atoms with van der Waals surface area (Å²) in [7, 11) is 0. The third-order valence-corrected chi connectivity index (χ3v) is 2.06. The molecular formula is C7H12N2O4. The molecule has 13 heavy (non-hydrogen) atoms. The highest BCUT2D eigenvalue weighted by atomic mass is 16.4. The van der Waals surface area contributed by atoms with E-state index in [1.807, 2.05) is 0 Å². The molecule has 0 bridgehead atoms. The van der Waals surface area contributed by atoms with Gasteiger partial charge in [-0.05, 0) is 13.3 Å². The van der Waals surface area contributed by atoms with Crippen molar-refractivity contribution in [1.29, 1.82) is 0 Å². The lowest BCUT2D eigenvalue weighted by Gasteiger charge is -2.19. The van der Waals surface area contributed by atoms with Gasteiger partial charge >= 0.3 is 5.97 Å². The maximum absolute atomic E-state index is 11.2. The summed E-state index contributed by atoms with van der Waals surface area (Å²) in [6.07, 6.45) is -1.03. The van der Waals surface area contributed by atoms with Gasteiger partial charge < -0.3 is 15.5 Å². The molecule has 0 aromatic heterocycles. The Labute approximate surface area is 74.9 Å². The lowest BCUT2D eigenvalue weighted by molar-refractivity contribution is -0.137. The third-order valence-electron chi connectivity index (χ3n) is 2.06. The molecule has 74 valence electrons. The van der Waals surface area contributed by atoms with Crippen molar-refractivity contribution in [3.63, 3.8) is 0 Å². The van der Waals surface area contributed by atoms with Crippen LogP contribution >= 0.6 is 0 Å². The number of carboxylic acids is 1. The Morgan fingerprint density at radius 1 is 1.69 bits per heavy atom. The van der Waals surface area contributed by atoms with Gasteiger partial charge in [-0.3, -0.25) is 14.9 Å². The van der Waals surface area contributed by atoms with Gasteiger partial charge in [-0.1, -0.05) is 0 Å². The molecule has 0 spiro atoms. The Morgan fingerprint density at radius 2 is 2.31 bits per heavy atom. The molecule has 4 N–H and O–H groups in total. The minimum absolute atomic E-state index is 0.108. The Bertz CT molecular complexity index is 243. The van der Waals surface area contributed by atoms with E-state index in [1.54, 1.807) is 6.92 Å². The summed E-state index contributed by atoms with van der Waals surface area (Å²) < 4.78 is 0. The van der Waals surface area contributed by atoms with Gasteiger partial charge in [0, 0.05) is 6.42 Å². The number of amides is 1. The minimum atomic E-state index is -1.08. The first-order valence-electron chi connectivity index (χ1n) is 3.92. The van der Waals surface area contributed by atoms with E-state index in [0.29, 0.717) is 0 Å². The smallest absolute Gasteiger partial charge is 0.303 e. The van der Waals surface area contributed by atoms with Crippen molar-refractivity contribution in [2.75, 3.05) is 0 Å². The molecule has 1 fully saturated rings. The summed E-state index contributed by atoms with van der Waals surface area (Å²) in [6, 6.07) is 0. The molecule has 0 radical (unpaired) electrons. The lowest BCUT2D eigenvalue weighted by atomic mass is 9.96. The van der Waals surface area contributed by atoms with Crippen molar-refractivity contribution in [1.82, 2.24) is 10.6 Å². The quantitative estimate of drug-likeness (QED) is 0.437. The first kappa shape index (κ1) is 9.94. The molecule has 1 saturated heterocycles. The van der Waals surface area contributed by atoms with Gasteiger partial charge in [-0.2, -0.15) is 0 Å². The molecule has 0 aromatic carbocycles. The molecule has 1 heterocycles. The van der Waals surface area contributed by atoms with Crippen LogP contribution in [0.1, 0.15) is 19.8 Å². The van der Waals surface area contributed by atoms with E-state index in [0.717, 1.165) is 0 Å². The summed E-state index contributed by atoms with van der Waals surface area (Å²) in [5.74, 6) is -1.33. The summed E-state index contributed by atoms with van der Waals surface area (Å²) >= 11 is 0. The number of aliphatic carboxylic acids is 1. The number of carbonyl (C=O) groups excluding carboxylic acids is 1. The monoisotopic (exact) mass is 188 g/mol. The largest absolute Gasteiger partial charge is 0.481 e. The van der Waals surface area contributed by atoms with Gasteiger partial charge in [0.15, 0.2) is 6.35 Å². The Balaban J connectivity index is 2.55. The lowest BCUT2D eigenvalue weighted by Crippen LogP contribution is -2.44. The van der Waals surface area contributed by atoms with E-state index < -0.39 is 17.9 Å². The van der Waals surface area contributed by atoms with Crippen LogP contribution in [0, 0.1) is 0 Å². The number of hydrogen-bond acceptors (Lipinski definition) is 4. The fraction of sp³-hybridized carbons (Fsp3) is 0.714. The van der Waals surface area contributed by atoms with Crippen molar-refractivity contribution in [3.8, 4) is 0 Å². The molecule has 6 nitrogen and oxygen atoms in total. The molecule has 2 atom stereocenters. The standard InChI is InChI=1S/C7H12N2O4/c1-7(3-2-4(10)11)5(12)8-6(13)9-7/h6,9,13H,2-3H2,1H3,(H,8,12)(H,10,11)/t6?,7-/m0/s1. The van der Waals surface area contributed by atoms with Crippen LogP contribution in [0.5, 0.6) is 0 Å². The van der Waals surface area contributed by atoms with Gasteiger partial charge in [0.25, 0.3) is 0 Å². The molecule has 0 aliphatic carbocycles. The molecule has 1 unspecified atom stereocenters. The van der Waals surface area contributed by atoms with Gasteiger partial charge in [-0.25, -0.2) is 0 Å². The Hall–Kier alpha value is -1.14. The Morgan fingerprint density at radius 3 is 2.69 bits per heavy atom. The molecule has 1 aliphatic rings. The molecule has 1 rings (SSSR count). The molecular weight excluding hydrogens is 176 g/mol. The average molecular weight is 188 g/mol. The number of rotatable bonds is 3. The second kappa shape index (κ2) is 3.31. The summed E-state index contributed by atoms with van der Waals surface area (Å²) in [5, 5.41) is 22.2. The van der Waals surface area contributed by atoms with Crippen LogP contribution in [0.2, 0.25) is 0 Å². The zero-order valence-electron chi connectivity index (χ0n) is 7.20. The highest BCUT2D eigenvalue weighted by Crippen LogP contribution is 2.17. The minimum Gasteiger partial charge on any atom is -0.481 e. The van der Waals surface area contributed by atoms with Crippen LogP contribution in [-0.4, -0.2) is 34.0 Å². The van der Waals surface area contributed by atoms with Gasteiger partial charge in [-0.15, -0.1) is 0 Å². The fourth-order valence-electron chi connectivity index (χ4n) is 1.23. The van der Waals surface area contributed by atoms with Crippen molar-refractivity contribution < 1.29 is 19.8 Å². The van der Waals surface area contributed by atoms with Gasteiger partial charge in [0.1, 0.15) is 0 Å². The number of carbonyl (C=O) groups is 2. The number of aliphatic hydroxyl groups excluding tert-OH is 1. The second-order valence-corrected chi connectivity index (χ2v) is 3.25. The number of aliphatic hydroxyl groups is 1. The van der Waals surface area contributed by atoms with Crippen LogP contribution in [-0.2, 0) is 9.59 Å². The maximum Gasteiger partial charge on any atom is 0.303 e. The van der Waals surface area contributed by atoms with Crippen molar-refractivity contribution in [2.45, 2.75) is 31.7 Å². The van der Waals surface area contributed by atoms with Crippen LogP contribution in [0.25, 0.3) is 0 Å². The van der Waals surface area contributed by atoms with Crippen molar-refractivity contribution in [3.05, 3.63) is 0 Å². The van der Waals surface area contributed by atoms with Crippen LogP contribution in [0.15, 0.2) is 0 Å². The number of nitrogens with one attached hydrogen (secondary N) is 2. The van der Waals surface area contributed by atoms with E-state index in [-0.39, 0.29) is 18.7 Å². The third kappa shape index (κ3) is 2.16. The first-order valence-corrected chi connectivity index (χ1v) is 3.92.